The molecule has 0 aliphatic rings. The Labute approximate surface area is 127 Å². The highest BCUT2D eigenvalue weighted by Crippen LogP contribution is 2.27. The molecular weight excluding hydrogens is 268 g/mol. The number of methoxy groups -OCH3 is 1. The van der Waals surface area contributed by atoms with E-state index in [1.165, 1.54) is 0 Å². The minimum atomic E-state index is -0.245. The molecule has 0 aliphatic carbocycles. The van der Waals surface area contributed by atoms with Crippen molar-refractivity contribution in [3.05, 3.63) is 23.8 Å². The lowest BCUT2D eigenvalue weighted by molar-refractivity contribution is -0.123. The van der Waals surface area contributed by atoms with Gasteiger partial charge in [-0.05, 0) is 45.4 Å². The predicted molar refractivity (Wildman–Crippen MR) is 83.7 cm³/mol. The van der Waals surface area contributed by atoms with Crippen LogP contribution in [0, 0.1) is 0 Å². The van der Waals surface area contributed by atoms with E-state index in [1.807, 2.05) is 45.9 Å². The normalized spacial score (nSPS) is 12.1. The van der Waals surface area contributed by atoms with Gasteiger partial charge in [-0.25, -0.2) is 0 Å². The largest absolute Gasteiger partial charge is 0.493 e. The first-order valence-electron chi connectivity index (χ1n) is 7.31. The van der Waals surface area contributed by atoms with Gasteiger partial charge in [-0.1, -0.05) is 6.07 Å². The Morgan fingerprint density at radius 3 is 2.52 bits per heavy atom. The second-order valence-electron chi connectivity index (χ2n) is 5.18. The zero-order valence-corrected chi connectivity index (χ0v) is 13.5. The van der Waals surface area contributed by atoms with Crippen LogP contribution >= 0.6 is 0 Å². The lowest BCUT2D eigenvalue weighted by atomic mass is 10.2. The summed E-state index contributed by atoms with van der Waals surface area (Å²) in [5.74, 6) is 1.44. The molecule has 5 heteroatoms. The molecule has 0 bridgehead atoms. The molecule has 1 rings (SSSR count). The zero-order valence-electron chi connectivity index (χ0n) is 13.5. The molecule has 0 heterocycles. The fourth-order valence-electron chi connectivity index (χ4n) is 1.87. The first kappa shape index (κ1) is 17.3. The van der Waals surface area contributed by atoms with Gasteiger partial charge >= 0.3 is 0 Å². The highest BCUT2D eigenvalue weighted by Gasteiger charge is 2.13. The second-order valence-corrected chi connectivity index (χ2v) is 5.18. The van der Waals surface area contributed by atoms with E-state index in [-0.39, 0.29) is 18.0 Å². The SMILES string of the molecule is CCOc1ccc(CNC(C)C(=O)NC(C)C)cc1OC. The van der Waals surface area contributed by atoms with E-state index in [0.29, 0.717) is 18.9 Å². The maximum Gasteiger partial charge on any atom is 0.237 e. The topological polar surface area (TPSA) is 59.6 Å². The second kappa shape index (κ2) is 8.52. The third-order valence-corrected chi connectivity index (χ3v) is 2.96. The van der Waals surface area contributed by atoms with Gasteiger partial charge in [0.1, 0.15) is 0 Å². The van der Waals surface area contributed by atoms with Crippen molar-refractivity contribution in [2.45, 2.75) is 46.3 Å². The van der Waals surface area contributed by atoms with Gasteiger partial charge in [0.2, 0.25) is 5.91 Å². The average molecular weight is 294 g/mol. The van der Waals surface area contributed by atoms with Gasteiger partial charge in [-0.2, -0.15) is 0 Å². The Hall–Kier alpha value is -1.75. The molecule has 0 spiro atoms. The summed E-state index contributed by atoms with van der Waals surface area (Å²) in [5, 5.41) is 6.08. The molecule has 118 valence electrons. The van der Waals surface area contributed by atoms with Crippen LogP contribution in [0.2, 0.25) is 0 Å². The number of carbonyl (C=O) groups is 1. The summed E-state index contributed by atoms with van der Waals surface area (Å²) in [6.45, 7) is 8.87. The molecule has 2 N–H and O–H groups in total. The monoisotopic (exact) mass is 294 g/mol. The Bertz CT molecular complexity index is 461. The first-order valence-corrected chi connectivity index (χ1v) is 7.31. The highest BCUT2D eigenvalue weighted by molar-refractivity contribution is 5.81. The van der Waals surface area contributed by atoms with E-state index in [0.717, 1.165) is 11.3 Å². The van der Waals surface area contributed by atoms with Crippen LogP contribution in [0.1, 0.15) is 33.3 Å². The standard InChI is InChI=1S/C16H26N2O3/c1-6-21-14-8-7-13(9-15(14)20-5)10-17-12(4)16(19)18-11(2)3/h7-9,11-12,17H,6,10H2,1-5H3,(H,18,19). The van der Waals surface area contributed by atoms with Gasteiger partial charge in [0.05, 0.1) is 19.8 Å². The van der Waals surface area contributed by atoms with E-state index >= 15 is 0 Å². The predicted octanol–water partition coefficient (Wildman–Crippen LogP) is 2.10. The summed E-state index contributed by atoms with van der Waals surface area (Å²) >= 11 is 0. The fourth-order valence-corrected chi connectivity index (χ4v) is 1.87. The molecule has 0 radical (unpaired) electrons. The highest BCUT2D eigenvalue weighted by atomic mass is 16.5. The lowest BCUT2D eigenvalue weighted by Crippen LogP contribution is -2.44. The number of carbonyl (C=O) groups excluding carboxylic acids is 1. The third kappa shape index (κ3) is 5.63. The Balaban J connectivity index is 2.61. The van der Waals surface area contributed by atoms with Gasteiger partial charge in [0, 0.05) is 12.6 Å². The summed E-state index contributed by atoms with van der Waals surface area (Å²) in [6.07, 6.45) is 0. The van der Waals surface area contributed by atoms with Gasteiger partial charge in [-0.15, -0.1) is 0 Å². The van der Waals surface area contributed by atoms with Crippen LogP contribution in [-0.4, -0.2) is 31.7 Å². The van der Waals surface area contributed by atoms with E-state index in [1.54, 1.807) is 7.11 Å². The number of hydrogen-bond donors (Lipinski definition) is 2. The Morgan fingerprint density at radius 2 is 1.95 bits per heavy atom. The molecule has 1 unspecified atom stereocenters. The summed E-state index contributed by atoms with van der Waals surface area (Å²) in [7, 11) is 1.62. The van der Waals surface area contributed by atoms with Crippen LogP contribution in [-0.2, 0) is 11.3 Å². The molecule has 0 aliphatic heterocycles. The van der Waals surface area contributed by atoms with Crippen LogP contribution in [0.15, 0.2) is 18.2 Å². The van der Waals surface area contributed by atoms with Crippen molar-refractivity contribution in [3.63, 3.8) is 0 Å². The number of hydrogen-bond acceptors (Lipinski definition) is 4. The summed E-state index contributed by atoms with van der Waals surface area (Å²) in [4.78, 5) is 11.8. The Kier molecular flexibility index (Phi) is 7.02. The molecule has 1 amide bonds. The maximum absolute atomic E-state index is 11.8. The van der Waals surface area contributed by atoms with Crippen molar-refractivity contribution in [2.75, 3.05) is 13.7 Å². The lowest BCUT2D eigenvalue weighted by Gasteiger charge is -2.16. The Morgan fingerprint density at radius 1 is 1.24 bits per heavy atom. The molecule has 1 aromatic carbocycles. The summed E-state index contributed by atoms with van der Waals surface area (Å²) < 4.78 is 10.8. The van der Waals surface area contributed by atoms with Gasteiger partial charge < -0.3 is 20.1 Å². The van der Waals surface area contributed by atoms with Crippen LogP contribution < -0.4 is 20.1 Å². The van der Waals surface area contributed by atoms with E-state index < -0.39 is 0 Å². The van der Waals surface area contributed by atoms with Crippen LogP contribution in [0.5, 0.6) is 11.5 Å². The van der Waals surface area contributed by atoms with Crippen LogP contribution in [0.25, 0.3) is 0 Å². The van der Waals surface area contributed by atoms with Crippen molar-refractivity contribution in [3.8, 4) is 11.5 Å². The van der Waals surface area contributed by atoms with Crippen LogP contribution in [0.4, 0.5) is 0 Å². The number of amides is 1. The summed E-state index contributed by atoms with van der Waals surface area (Å²) in [5.41, 5.74) is 1.04. The van der Waals surface area contributed by atoms with E-state index in [9.17, 15) is 4.79 Å². The smallest absolute Gasteiger partial charge is 0.237 e. The zero-order chi connectivity index (χ0) is 15.8. The van der Waals surface area contributed by atoms with Gasteiger partial charge in [0.25, 0.3) is 0 Å². The van der Waals surface area contributed by atoms with Gasteiger partial charge in [-0.3, -0.25) is 4.79 Å². The number of rotatable bonds is 8. The van der Waals surface area contributed by atoms with E-state index in [4.69, 9.17) is 9.47 Å². The molecular formula is C16H26N2O3. The molecule has 0 fully saturated rings. The minimum absolute atomic E-state index is 0.00269. The minimum Gasteiger partial charge on any atom is -0.493 e. The molecule has 1 atom stereocenters. The summed E-state index contributed by atoms with van der Waals surface area (Å²) in [6, 6.07) is 5.67. The van der Waals surface area contributed by atoms with E-state index in [2.05, 4.69) is 10.6 Å². The maximum atomic E-state index is 11.8. The number of benzene rings is 1. The van der Waals surface area contributed by atoms with Gasteiger partial charge in [0.15, 0.2) is 11.5 Å². The average Bonchev–Trinajstić information content (AvgIpc) is 2.45. The first-order chi connectivity index (χ1) is 9.97. The van der Waals surface area contributed by atoms with Crippen LogP contribution in [0.3, 0.4) is 0 Å². The van der Waals surface area contributed by atoms with Crippen molar-refractivity contribution in [1.82, 2.24) is 10.6 Å². The third-order valence-electron chi connectivity index (χ3n) is 2.96. The van der Waals surface area contributed by atoms with Crippen molar-refractivity contribution < 1.29 is 14.3 Å². The van der Waals surface area contributed by atoms with Crippen molar-refractivity contribution >= 4 is 5.91 Å². The molecule has 5 nitrogen and oxygen atoms in total. The molecule has 0 aromatic heterocycles. The fraction of sp³-hybridized carbons (Fsp3) is 0.562. The molecule has 0 saturated heterocycles. The van der Waals surface area contributed by atoms with Crippen molar-refractivity contribution in [2.24, 2.45) is 0 Å². The number of nitrogens with one attached hydrogen (secondary N) is 2. The van der Waals surface area contributed by atoms with Crippen molar-refractivity contribution in [1.29, 1.82) is 0 Å². The quantitative estimate of drug-likeness (QED) is 0.771. The number of ether oxygens (including phenoxy) is 2. The molecule has 0 saturated carbocycles. The molecule has 1 aromatic rings. The molecule has 21 heavy (non-hydrogen) atoms.